The molecule has 0 unspecified atom stereocenters. The zero-order chi connectivity index (χ0) is 16.3. The molecule has 0 aliphatic carbocycles. The minimum atomic E-state index is -0.917. The molecule has 0 spiro atoms. The van der Waals surface area contributed by atoms with E-state index in [0.29, 0.717) is 5.69 Å². The van der Waals surface area contributed by atoms with Gasteiger partial charge < -0.3 is 9.47 Å². The summed E-state index contributed by atoms with van der Waals surface area (Å²) >= 11 is 0. The number of benzene rings is 1. The van der Waals surface area contributed by atoms with Crippen LogP contribution in [0.3, 0.4) is 0 Å². The number of aromatic nitrogens is 2. The highest BCUT2D eigenvalue weighted by molar-refractivity contribution is 5.94. The van der Waals surface area contributed by atoms with Crippen LogP contribution in [0.1, 0.15) is 26.5 Å². The van der Waals surface area contributed by atoms with Gasteiger partial charge in [0, 0.05) is 0 Å². The van der Waals surface area contributed by atoms with Crippen molar-refractivity contribution in [1.82, 2.24) is 9.78 Å². The minimum Gasteiger partial charge on any atom is -0.465 e. The minimum absolute atomic E-state index is 0.248. The van der Waals surface area contributed by atoms with Gasteiger partial charge in [0.25, 0.3) is 0 Å². The predicted octanol–water partition coefficient (Wildman–Crippen LogP) is 1.11. The molecule has 0 bridgehead atoms. The average Bonchev–Trinajstić information content (AvgIpc) is 2.55. The highest BCUT2D eigenvalue weighted by Crippen LogP contribution is 2.12. The monoisotopic (exact) mass is 302 g/mol. The molecule has 0 saturated heterocycles. The smallest absolute Gasteiger partial charge is 0.362 e. The van der Waals surface area contributed by atoms with Crippen molar-refractivity contribution in [3.63, 3.8) is 0 Å². The van der Waals surface area contributed by atoms with Crippen LogP contribution in [0.15, 0.2) is 35.1 Å². The van der Waals surface area contributed by atoms with Crippen molar-refractivity contribution in [2.75, 3.05) is 14.2 Å². The molecule has 0 atom stereocenters. The standard InChI is InChI=1S/C15H14N2O5/c1-9-11(14(19)21-2)13(18)12(15(20)22-3)16-17(9)10-7-5-4-6-8-10/h4-8H,1-3H3. The van der Waals surface area contributed by atoms with Gasteiger partial charge in [-0.3, -0.25) is 4.79 Å². The molecule has 7 nitrogen and oxygen atoms in total. The quantitative estimate of drug-likeness (QED) is 0.789. The zero-order valence-electron chi connectivity index (χ0n) is 12.3. The topological polar surface area (TPSA) is 87.5 Å². The van der Waals surface area contributed by atoms with E-state index < -0.39 is 23.1 Å². The number of hydrogen-bond acceptors (Lipinski definition) is 6. The van der Waals surface area contributed by atoms with E-state index in [2.05, 4.69) is 14.6 Å². The normalized spacial score (nSPS) is 10.1. The summed E-state index contributed by atoms with van der Waals surface area (Å²) in [6.45, 7) is 1.55. The van der Waals surface area contributed by atoms with Gasteiger partial charge in [0.2, 0.25) is 11.1 Å². The molecule has 114 valence electrons. The fraction of sp³-hybridized carbons (Fsp3) is 0.200. The molecule has 7 heteroatoms. The van der Waals surface area contributed by atoms with E-state index in [1.165, 1.54) is 4.68 Å². The molecule has 2 aromatic rings. The van der Waals surface area contributed by atoms with Gasteiger partial charge >= 0.3 is 11.9 Å². The molecule has 1 aromatic heterocycles. The number of carbonyl (C=O) groups excluding carboxylic acids is 2. The van der Waals surface area contributed by atoms with Gasteiger partial charge in [-0.15, -0.1) is 0 Å². The average molecular weight is 302 g/mol. The summed E-state index contributed by atoms with van der Waals surface area (Å²) < 4.78 is 10.5. The summed E-state index contributed by atoms with van der Waals surface area (Å²) in [5, 5.41) is 4.01. The van der Waals surface area contributed by atoms with Crippen molar-refractivity contribution in [2.24, 2.45) is 0 Å². The van der Waals surface area contributed by atoms with Gasteiger partial charge in [-0.1, -0.05) is 18.2 Å². The molecule has 2 rings (SSSR count). The molecule has 0 amide bonds. The lowest BCUT2D eigenvalue weighted by Crippen LogP contribution is -2.30. The number of hydrogen-bond donors (Lipinski definition) is 0. The van der Waals surface area contributed by atoms with Crippen LogP contribution in [0.5, 0.6) is 0 Å². The first-order valence-electron chi connectivity index (χ1n) is 6.37. The second-order valence-corrected chi connectivity index (χ2v) is 4.37. The van der Waals surface area contributed by atoms with E-state index in [9.17, 15) is 14.4 Å². The number of methoxy groups -OCH3 is 2. The second kappa shape index (κ2) is 6.21. The Bertz CT molecular complexity index is 781. The van der Waals surface area contributed by atoms with Gasteiger partial charge in [-0.05, 0) is 19.1 Å². The molecule has 0 radical (unpaired) electrons. The van der Waals surface area contributed by atoms with Crippen LogP contribution >= 0.6 is 0 Å². The molecule has 0 saturated carbocycles. The van der Waals surface area contributed by atoms with Crippen molar-refractivity contribution in [1.29, 1.82) is 0 Å². The van der Waals surface area contributed by atoms with E-state index in [1.54, 1.807) is 31.2 Å². The predicted molar refractivity (Wildman–Crippen MR) is 77.3 cm³/mol. The highest BCUT2D eigenvalue weighted by atomic mass is 16.5. The molecule has 0 aliphatic heterocycles. The molecule has 0 aliphatic rings. The summed E-state index contributed by atoms with van der Waals surface area (Å²) in [5.41, 5.74) is -0.673. The fourth-order valence-corrected chi connectivity index (χ4v) is 2.00. The van der Waals surface area contributed by atoms with Crippen molar-refractivity contribution in [3.8, 4) is 5.69 Å². The molecule has 1 aromatic carbocycles. The van der Waals surface area contributed by atoms with E-state index in [1.807, 2.05) is 6.07 Å². The summed E-state index contributed by atoms with van der Waals surface area (Å²) in [5.74, 6) is -1.75. The lowest BCUT2D eigenvalue weighted by Gasteiger charge is -2.13. The van der Waals surface area contributed by atoms with Crippen molar-refractivity contribution in [3.05, 3.63) is 57.5 Å². The van der Waals surface area contributed by atoms with Gasteiger partial charge in [-0.2, -0.15) is 5.10 Å². The van der Waals surface area contributed by atoms with Gasteiger partial charge in [0.1, 0.15) is 5.56 Å². The third-order valence-electron chi connectivity index (χ3n) is 3.09. The van der Waals surface area contributed by atoms with Crippen LogP contribution in [0, 0.1) is 6.92 Å². The van der Waals surface area contributed by atoms with E-state index >= 15 is 0 Å². The number of ether oxygens (including phenoxy) is 2. The fourth-order valence-electron chi connectivity index (χ4n) is 2.00. The summed E-state index contributed by atoms with van der Waals surface area (Å²) in [7, 11) is 2.29. The van der Waals surface area contributed by atoms with Gasteiger partial charge in [0.05, 0.1) is 25.6 Å². The lowest BCUT2D eigenvalue weighted by molar-refractivity contribution is 0.0587. The van der Waals surface area contributed by atoms with Crippen LogP contribution in [0.4, 0.5) is 0 Å². The Hall–Kier alpha value is -2.96. The Balaban J connectivity index is 2.83. The van der Waals surface area contributed by atoms with Crippen LogP contribution < -0.4 is 5.43 Å². The van der Waals surface area contributed by atoms with Crippen molar-refractivity contribution >= 4 is 11.9 Å². The molecular formula is C15H14N2O5. The maximum Gasteiger partial charge on any atom is 0.362 e. The molecule has 1 heterocycles. The number of carbonyl (C=O) groups is 2. The number of para-hydroxylation sites is 1. The first kappa shape index (κ1) is 15.4. The third-order valence-corrected chi connectivity index (χ3v) is 3.09. The maximum atomic E-state index is 12.3. The Morgan fingerprint density at radius 1 is 1.05 bits per heavy atom. The highest BCUT2D eigenvalue weighted by Gasteiger charge is 2.25. The summed E-state index contributed by atoms with van der Waals surface area (Å²) in [6.07, 6.45) is 0. The number of esters is 2. The summed E-state index contributed by atoms with van der Waals surface area (Å²) in [4.78, 5) is 35.9. The van der Waals surface area contributed by atoms with Gasteiger partial charge in [0.15, 0.2) is 0 Å². The SMILES string of the molecule is COC(=O)c1nn(-c2ccccc2)c(C)c(C(=O)OC)c1=O. The van der Waals surface area contributed by atoms with Crippen LogP contribution in [0.25, 0.3) is 5.69 Å². The maximum absolute atomic E-state index is 12.3. The van der Waals surface area contributed by atoms with Gasteiger partial charge in [-0.25, -0.2) is 14.3 Å². The van der Waals surface area contributed by atoms with Crippen molar-refractivity contribution in [2.45, 2.75) is 6.92 Å². The molecule has 0 N–H and O–H groups in total. The third kappa shape index (κ3) is 2.60. The summed E-state index contributed by atoms with van der Waals surface area (Å²) in [6, 6.07) is 8.80. The Labute approximate surface area is 126 Å². The van der Waals surface area contributed by atoms with E-state index in [-0.39, 0.29) is 11.3 Å². The van der Waals surface area contributed by atoms with Crippen LogP contribution in [0.2, 0.25) is 0 Å². The Kier molecular flexibility index (Phi) is 4.36. The zero-order valence-corrected chi connectivity index (χ0v) is 12.3. The van der Waals surface area contributed by atoms with Crippen molar-refractivity contribution < 1.29 is 19.1 Å². The molecule has 22 heavy (non-hydrogen) atoms. The lowest BCUT2D eigenvalue weighted by atomic mass is 10.1. The van der Waals surface area contributed by atoms with Crippen LogP contribution in [-0.4, -0.2) is 35.9 Å². The Morgan fingerprint density at radius 3 is 2.18 bits per heavy atom. The first-order chi connectivity index (χ1) is 10.5. The van der Waals surface area contributed by atoms with E-state index in [0.717, 1.165) is 14.2 Å². The largest absolute Gasteiger partial charge is 0.465 e. The number of rotatable bonds is 3. The van der Waals surface area contributed by atoms with Crippen LogP contribution in [-0.2, 0) is 9.47 Å². The molecular weight excluding hydrogens is 288 g/mol. The van der Waals surface area contributed by atoms with E-state index in [4.69, 9.17) is 0 Å². The Morgan fingerprint density at radius 2 is 1.64 bits per heavy atom. The second-order valence-electron chi connectivity index (χ2n) is 4.37. The number of nitrogens with zero attached hydrogens (tertiary/aromatic N) is 2. The first-order valence-corrected chi connectivity index (χ1v) is 6.37. The molecule has 0 fully saturated rings.